The summed E-state index contributed by atoms with van der Waals surface area (Å²) >= 11 is 0. The summed E-state index contributed by atoms with van der Waals surface area (Å²) in [6, 6.07) is 9.61. The van der Waals surface area contributed by atoms with Crippen LogP contribution in [0.25, 0.3) is 0 Å². The number of sulfone groups is 4. The van der Waals surface area contributed by atoms with Gasteiger partial charge in [0.2, 0.25) is 0 Å². The van der Waals surface area contributed by atoms with Crippen LogP contribution >= 0.6 is 0 Å². The Bertz CT molecular complexity index is 3860. The van der Waals surface area contributed by atoms with Crippen molar-refractivity contribution in [3.8, 4) is 12.1 Å². The number of ether oxygens (including phenoxy) is 2. The van der Waals surface area contributed by atoms with E-state index in [2.05, 4.69) is 78.0 Å². The van der Waals surface area contributed by atoms with E-state index in [9.17, 15) is 70.1 Å². The number of benzene rings is 2. The maximum absolute atomic E-state index is 12.1. The average molecular weight is 1230 g/mol. The summed E-state index contributed by atoms with van der Waals surface area (Å²) in [4.78, 5) is 6.20. The van der Waals surface area contributed by atoms with Crippen LogP contribution in [0.5, 0.6) is 0 Å². The predicted molar refractivity (Wildman–Crippen MR) is 298 cm³/mol. The minimum absolute atomic E-state index is 0.0213. The van der Waals surface area contributed by atoms with E-state index in [0.717, 1.165) is 41.1 Å². The van der Waals surface area contributed by atoms with Crippen molar-refractivity contribution in [2.45, 2.75) is 46.3 Å². The smallest absolute Gasteiger partial charge is 0.296 e. The maximum atomic E-state index is 12.1. The number of hydrogen-bond donors (Lipinski definition) is 6. The van der Waals surface area contributed by atoms with Crippen LogP contribution in [0.4, 0.5) is 46.0 Å². The van der Waals surface area contributed by atoms with Crippen molar-refractivity contribution in [3.63, 3.8) is 0 Å². The molecule has 0 spiro atoms. The number of nitriles is 2. The number of anilines is 4. The van der Waals surface area contributed by atoms with E-state index in [1.165, 1.54) is 21.0 Å². The Morgan fingerprint density at radius 1 is 0.537 bits per heavy atom. The Morgan fingerprint density at radius 3 is 1.19 bits per heavy atom. The lowest BCUT2D eigenvalue weighted by Gasteiger charge is -2.15. The molecule has 6 N–H and O–H groups in total. The molecule has 2 heterocycles. The van der Waals surface area contributed by atoms with Gasteiger partial charge in [0.25, 0.3) is 20.2 Å². The first-order valence-corrected chi connectivity index (χ1v) is 32.2. The van der Waals surface area contributed by atoms with Crippen LogP contribution in [-0.4, -0.2) is 135 Å². The summed E-state index contributed by atoms with van der Waals surface area (Å²) in [7, 11) is -21.9. The number of nitrogens with zero attached hydrogens (tertiary/aromatic N) is 8. The summed E-state index contributed by atoms with van der Waals surface area (Å²) in [5.41, 5.74) is -0.127. The van der Waals surface area contributed by atoms with Gasteiger partial charge in [0.1, 0.15) is 56.3 Å². The minimum atomic E-state index is -4.95. The van der Waals surface area contributed by atoms with Gasteiger partial charge in [-0.15, -0.1) is 20.5 Å². The molecule has 0 saturated heterocycles. The topological polar surface area (TPSA) is 435 Å². The SMILES string of the molecule is C=CS(=O)(=O)CCNc1nc(NCCCOC)c(C#N)c(C)c1N=Nc1ccc(S(=O)(=O)C=C)cc1S(=O)(=O)O.C=CS(=O)(=O)CCNc1nc(NCCCOC)c(N=Nc2ccc(S(=O)(=O)C=C)cc2S(=O)(=O)O)c(C)c1C#N. The van der Waals surface area contributed by atoms with Gasteiger partial charge in [-0.2, -0.15) is 27.4 Å². The molecule has 432 valence electrons. The van der Waals surface area contributed by atoms with Gasteiger partial charge in [-0.3, -0.25) is 9.11 Å². The zero-order valence-electron chi connectivity index (χ0n) is 43.3. The lowest BCUT2D eigenvalue weighted by atomic mass is 10.1. The fourth-order valence-corrected chi connectivity index (χ4v) is 10.4. The average Bonchev–Trinajstić information content (AvgIpc) is 3.40. The van der Waals surface area contributed by atoms with E-state index in [-0.39, 0.29) is 87.2 Å². The van der Waals surface area contributed by atoms with Gasteiger partial charge in [0.15, 0.2) is 51.0 Å². The van der Waals surface area contributed by atoms with Crippen molar-refractivity contribution >= 4 is 106 Å². The largest absolute Gasteiger partial charge is 0.385 e. The van der Waals surface area contributed by atoms with Crippen molar-refractivity contribution in [1.29, 1.82) is 10.5 Å². The first kappa shape index (κ1) is 66.9. The molecule has 34 heteroatoms. The second-order valence-electron chi connectivity index (χ2n) is 16.0. The van der Waals surface area contributed by atoms with Gasteiger partial charge in [-0.1, -0.05) is 26.3 Å². The third kappa shape index (κ3) is 18.9. The molecule has 0 aliphatic carbocycles. The molecule has 4 aromatic rings. The van der Waals surface area contributed by atoms with Crippen LogP contribution in [0.3, 0.4) is 0 Å². The molecular weight excluding hydrogens is 1170 g/mol. The second kappa shape index (κ2) is 29.2. The summed E-state index contributed by atoms with van der Waals surface area (Å²) in [6.45, 7) is 17.4. The highest BCUT2D eigenvalue weighted by Crippen LogP contribution is 2.38. The first-order valence-electron chi connectivity index (χ1n) is 22.8. The molecule has 0 atom stereocenters. The van der Waals surface area contributed by atoms with Gasteiger partial charge >= 0.3 is 0 Å². The molecule has 2 aromatic carbocycles. The van der Waals surface area contributed by atoms with Crippen LogP contribution in [-0.2, 0) is 69.1 Å². The molecule has 2 aromatic heterocycles. The number of pyridine rings is 2. The van der Waals surface area contributed by atoms with E-state index >= 15 is 0 Å². The highest BCUT2D eigenvalue weighted by Gasteiger charge is 2.25. The lowest BCUT2D eigenvalue weighted by molar-refractivity contribution is 0.197. The zero-order chi connectivity index (χ0) is 60.3. The van der Waals surface area contributed by atoms with Crippen molar-refractivity contribution < 1.29 is 69.1 Å². The normalized spacial score (nSPS) is 12.2. The van der Waals surface area contributed by atoms with Crippen molar-refractivity contribution in [1.82, 2.24) is 9.97 Å². The summed E-state index contributed by atoms with van der Waals surface area (Å²) < 4.78 is 173. The van der Waals surface area contributed by atoms with E-state index in [1.54, 1.807) is 7.11 Å². The van der Waals surface area contributed by atoms with Gasteiger partial charge < -0.3 is 30.7 Å². The number of nitrogens with one attached hydrogen (secondary N) is 4. The van der Waals surface area contributed by atoms with Crippen LogP contribution in [0.15, 0.2) is 124 Å². The van der Waals surface area contributed by atoms with Crippen molar-refractivity contribution in [3.05, 3.63) is 107 Å². The summed E-state index contributed by atoms with van der Waals surface area (Å²) in [6.07, 6.45) is 1.15. The molecule has 4 rings (SSSR count). The van der Waals surface area contributed by atoms with Gasteiger partial charge in [0.05, 0.1) is 32.4 Å². The first-order chi connectivity index (χ1) is 37.4. The maximum Gasteiger partial charge on any atom is 0.296 e. The molecule has 0 fully saturated rings. The molecule has 0 bridgehead atoms. The highest BCUT2D eigenvalue weighted by molar-refractivity contribution is 7.95. The van der Waals surface area contributed by atoms with Crippen molar-refractivity contribution in [2.24, 2.45) is 20.5 Å². The third-order valence-corrected chi connectivity index (χ3v) is 17.6. The van der Waals surface area contributed by atoms with Gasteiger partial charge in [-0.25, -0.2) is 43.6 Å². The number of hydrogen-bond acceptors (Lipinski definition) is 26. The Balaban J connectivity index is 0.000000420. The fraction of sp³-hybridized carbons (Fsp3) is 0.304. The van der Waals surface area contributed by atoms with Crippen LogP contribution in [0.2, 0.25) is 0 Å². The predicted octanol–water partition coefficient (Wildman–Crippen LogP) is 6.52. The summed E-state index contributed by atoms with van der Waals surface area (Å²) in [5.74, 6) is -0.225. The molecule has 0 amide bonds. The van der Waals surface area contributed by atoms with Crippen LogP contribution < -0.4 is 21.3 Å². The van der Waals surface area contributed by atoms with E-state index in [0.29, 0.717) is 56.0 Å². The minimum Gasteiger partial charge on any atom is -0.385 e. The number of azo groups is 2. The van der Waals surface area contributed by atoms with Gasteiger partial charge in [-0.05, 0) is 63.1 Å². The van der Waals surface area contributed by atoms with E-state index in [4.69, 9.17) is 9.47 Å². The standard InChI is InChI=1S/2C23H28N6O8S3/c1-5-38(30,31)13-11-26-22-18(15-24)16(3)21(23(27-22)25-10-7-12-37-4)29-28-19-9-8-17(39(32,33)6-2)14-20(19)40(34,35)36;1-5-38(30,31)13-11-26-23-21(16(3)18(15-24)22(27-23)25-10-7-12-37-4)29-28-19-9-8-17(39(32,33)6-2)14-20(19)40(34,35)36/h2*5-6,8-9,14H,1-2,7,10-13H2,3-4H3,(H2,25,26,27)(H,34,35,36). The van der Waals surface area contributed by atoms with E-state index in [1.807, 2.05) is 12.1 Å². The molecule has 0 aliphatic heterocycles. The number of methoxy groups -OCH3 is 2. The fourth-order valence-electron chi connectivity index (χ4n) is 6.37. The summed E-state index contributed by atoms with van der Waals surface area (Å²) in [5, 5.41) is 50.0. The molecule has 0 unspecified atom stereocenters. The van der Waals surface area contributed by atoms with Crippen LogP contribution in [0.1, 0.15) is 35.1 Å². The molecule has 0 saturated carbocycles. The Kier molecular flexibility index (Phi) is 24.4. The third-order valence-electron chi connectivity index (χ3n) is 10.6. The molecule has 80 heavy (non-hydrogen) atoms. The lowest BCUT2D eigenvalue weighted by Crippen LogP contribution is -2.16. The number of rotatable bonds is 30. The van der Waals surface area contributed by atoms with E-state index < -0.39 is 84.9 Å². The van der Waals surface area contributed by atoms with Crippen molar-refractivity contribution in [2.75, 3.05) is 86.4 Å². The quantitative estimate of drug-likeness (QED) is 0.0184. The Morgan fingerprint density at radius 2 is 0.875 bits per heavy atom. The van der Waals surface area contributed by atoms with Gasteiger partial charge in [0, 0.05) is 86.4 Å². The molecule has 0 aliphatic rings. The Labute approximate surface area is 464 Å². The Hall–Kier alpha value is -7.38. The van der Waals surface area contributed by atoms with Crippen LogP contribution in [0, 0.1) is 36.5 Å². The number of aromatic nitrogens is 2. The highest BCUT2D eigenvalue weighted by atomic mass is 32.2. The molecular formula is C46H56N12O16S6. The molecule has 0 radical (unpaired) electrons. The second-order valence-corrected chi connectivity index (χ2v) is 26.7. The molecule has 28 nitrogen and oxygen atoms in total. The zero-order valence-corrected chi connectivity index (χ0v) is 48.2. The monoisotopic (exact) mass is 1220 g/mol.